The van der Waals surface area contributed by atoms with Crippen LogP contribution in [-0.4, -0.2) is 9.55 Å². The van der Waals surface area contributed by atoms with E-state index in [-0.39, 0.29) is 10.7 Å². The Balaban J connectivity index is 2.71. The summed E-state index contributed by atoms with van der Waals surface area (Å²) in [6.07, 6.45) is 3.58. The van der Waals surface area contributed by atoms with Gasteiger partial charge in [0.25, 0.3) is 5.56 Å². The van der Waals surface area contributed by atoms with E-state index in [1.165, 1.54) is 6.33 Å². The molecule has 0 bridgehead atoms. The van der Waals surface area contributed by atoms with Crippen molar-refractivity contribution in [2.45, 2.75) is 33.2 Å². The van der Waals surface area contributed by atoms with Crippen LogP contribution in [0.4, 0.5) is 0 Å². The molecule has 0 saturated carbocycles. The summed E-state index contributed by atoms with van der Waals surface area (Å²) in [5.41, 5.74) is -0.112. The lowest BCUT2D eigenvalue weighted by molar-refractivity contribution is 0.502. The van der Waals surface area contributed by atoms with E-state index in [9.17, 15) is 4.79 Å². The molecule has 0 aliphatic rings. The fourth-order valence-corrected chi connectivity index (χ4v) is 1.73. The van der Waals surface area contributed by atoms with E-state index in [1.54, 1.807) is 4.57 Å². The first kappa shape index (κ1) is 12.7. The molecule has 0 fully saturated rings. The smallest absolute Gasteiger partial charge is 0.269 e. The highest BCUT2D eigenvalue weighted by Crippen LogP contribution is 2.14. The average Bonchev–Trinajstić information content (AvgIpc) is 2.18. The van der Waals surface area contributed by atoms with Crippen LogP contribution in [0.25, 0.3) is 0 Å². The maximum Gasteiger partial charge on any atom is 0.269 e. The maximum absolute atomic E-state index is 11.7. The summed E-state index contributed by atoms with van der Waals surface area (Å²) in [4.78, 5) is 15.6. The van der Waals surface area contributed by atoms with Crippen LogP contribution in [0.15, 0.2) is 15.6 Å². The number of rotatable bonds is 4. The Bertz CT molecular complexity index is 389. The van der Waals surface area contributed by atoms with Crippen molar-refractivity contribution in [3.8, 4) is 0 Å². The van der Waals surface area contributed by atoms with Crippen molar-refractivity contribution in [2.24, 2.45) is 5.92 Å². The Labute approximate surface area is 103 Å². The zero-order valence-electron chi connectivity index (χ0n) is 8.83. The van der Waals surface area contributed by atoms with Gasteiger partial charge in [-0.25, -0.2) is 4.98 Å². The molecule has 0 aliphatic carbocycles. The second-order valence-electron chi connectivity index (χ2n) is 3.88. The summed E-state index contributed by atoms with van der Waals surface area (Å²) in [5.74, 6) is 0.657. The summed E-state index contributed by atoms with van der Waals surface area (Å²) >= 11 is 8.82. The van der Waals surface area contributed by atoms with Crippen LogP contribution in [0.5, 0.6) is 0 Å². The first-order chi connectivity index (χ1) is 7.02. The summed E-state index contributed by atoms with van der Waals surface area (Å²) < 4.78 is 1.93. The number of hydrogen-bond acceptors (Lipinski definition) is 2. The fraction of sp³-hybridized carbons (Fsp3) is 0.600. The molecule has 0 atom stereocenters. The van der Waals surface area contributed by atoms with Crippen LogP contribution in [0.1, 0.15) is 26.7 Å². The molecule has 1 aromatic rings. The molecule has 0 spiro atoms. The summed E-state index contributed by atoms with van der Waals surface area (Å²) in [7, 11) is 0. The molecule has 0 saturated heterocycles. The SMILES string of the molecule is CC(C)CCCn1cnc(Cl)c(Br)c1=O. The topological polar surface area (TPSA) is 34.9 Å². The number of halogens is 2. The van der Waals surface area contributed by atoms with Crippen molar-refractivity contribution in [1.82, 2.24) is 9.55 Å². The van der Waals surface area contributed by atoms with Crippen molar-refractivity contribution in [3.63, 3.8) is 0 Å². The highest BCUT2D eigenvalue weighted by Gasteiger charge is 2.06. The van der Waals surface area contributed by atoms with Crippen molar-refractivity contribution in [1.29, 1.82) is 0 Å². The zero-order valence-corrected chi connectivity index (χ0v) is 11.2. The lowest BCUT2D eigenvalue weighted by atomic mass is 10.1. The molecule has 1 heterocycles. The zero-order chi connectivity index (χ0) is 11.4. The number of aromatic nitrogens is 2. The maximum atomic E-state index is 11.7. The molecule has 0 aromatic carbocycles. The van der Waals surface area contributed by atoms with Crippen molar-refractivity contribution in [2.75, 3.05) is 0 Å². The summed E-state index contributed by atoms with van der Waals surface area (Å²) in [6.45, 7) is 5.03. The monoisotopic (exact) mass is 292 g/mol. The molecule has 0 N–H and O–H groups in total. The lowest BCUT2D eigenvalue weighted by Crippen LogP contribution is -2.21. The number of aryl methyl sites for hydroxylation is 1. The van der Waals surface area contributed by atoms with Gasteiger partial charge in [0, 0.05) is 6.54 Å². The Hall–Kier alpha value is -0.350. The van der Waals surface area contributed by atoms with Gasteiger partial charge in [0.15, 0.2) is 5.15 Å². The molecule has 0 amide bonds. The molecule has 84 valence electrons. The molecule has 1 rings (SSSR count). The minimum Gasteiger partial charge on any atom is -0.298 e. The second kappa shape index (κ2) is 5.66. The van der Waals surface area contributed by atoms with Crippen LogP contribution in [0.3, 0.4) is 0 Å². The third-order valence-corrected chi connectivity index (χ3v) is 3.35. The molecule has 1 aromatic heterocycles. The van der Waals surface area contributed by atoms with Crippen molar-refractivity contribution < 1.29 is 0 Å². The largest absolute Gasteiger partial charge is 0.298 e. The molecule has 3 nitrogen and oxygen atoms in total. The first-order valence-electron chi connectivity index (χ1n) is 4.92. The van der Waals surface area contributed by atoms with Gasteiger partial charge < -0.3 is 0 Å². The van der Waals surface area contributed by atoms with Gasteiger partial charge >= 0.3 is 0 Å². The summed E-state index contributed by atoms with van der Waals surface area (Å²) in [6, 6.07) is 0. The standard InChI is InChI=1S/C10H14BrClN2O/c1-7(2)4-3-5-14-6-13-9(12)8(11)10(14)15/h6-7H,3-5H2,1-2H3. The third-order valence-electron chi connectivity index (χ3n) is 2.12. The van der Waals surface area contributed by atoms with Crippen LogP contribution in [0, 0.1) is 5.92 Å². The Kier molecular flexibility index (Phi) is 4.80. The molecule has 15 heavy (non-hydrogen) atoms. The van der Waals surface area contributed by atoms with Crippen LogP contribution in [0.2, 0.25) is 5.15 Å². The van der Waals surface area contributed by atoms with Crippen LogP contribution >= 0.6 is 27.5 Å². The van der Waals surface area contributed by atoms with E-state index >= 15 is 0 Å². The Morgan fingerprint density at radius 3 is 2.87 bits per heavy atom. The van der Waals surface area contributed by atoms with Gasteiger partial charge in [0.1, 0.15) is 4.47 Å². The van der Waals surface area contributed by atoms with E-state index in [0.717, 1.165) is 12.8 Å². The van der Waals surface area contributed by atoms with Gasteiger partial charge in [-0.05, 0) is 34.7 Å². The van der Waals surface area contributed by atoms with E-state index in [1.807, 2.05) is 0 Å². The van der Waals surface area contributed by atoms with Crippen LogP contribution in [-0.2, 0) is 6.54 Å². The Morgan fingerprint density at radius 1 is 1.60 bits per heavy atom. The predicted molar refractivity (Wildman–Crippen MR) is 65.3 cm³/mol. The minimum atomic E-state index is -0.112. The first-order valence-corrected chi connectivity index (χ1v) is 6.10. The Morgan fingerprint density at radius 2 is 2.27 bits per heavy atom. The van der Waals surface area contributed by atoms with E-state index in [4.69, 9.17) is 11.6 Å². The third kappa shape index (κ3) is 3.61. The van der Waals surface area contributed by atoms with Gasteiger partial charge in [0.05, 0.1) is 6.33 Å². The predicted octanol–water partition coefficient (Wildman–Crippen LogP) is 3.10. The highest BCUT2D eigenvalue weighted by molar-refractivity contribution is 9.10. The average molecular weight is 294 g/mol. The molecule has 0 aliphatic heterocycles. The molecule has 0 radical (unpaired) electrons. The highest BCUT2D eigenvalue weighted by atomic mass is 79.9. The normalized spacial score (nSPS) is 11.0. The molecule has 5 heteroatoms. The number of hydrogen-bond donors (Lipinski definition) is 0. The van der Waals surface area contributed by atoms with Gasteiger partial charge in [0.2, 0.25) is 0 Å². The number of nitrogens with zero attached hydrogens (tertiary/aromatic N) is 2. The molecule has 0 unspecified atom stereocenters. The van der Waals surface area contributed by atoms with Crippen molar-refractivity contribution >= 4 is 27.5 Å². The summed E-state index contributed by atoms with van der Waals surface area (Å²) in [5, 5.41) is 0.222. The minimum absolute atomic E-state index is 0.112. The lowest BCUT2D eigenvalue weighted by Gasteiger charge is -2.07. The van der Waals surface area contributed by atoms with Crippen LogP contribution < -0.4 is 5.56 Å². The van der Waals surface area contributed by atoms with Gasteiger partial charge in [-0.3, -0.25) is 9.36 Å². The quantitative estimate of drug-likeness (QED) is 0.800. The molecular formula is C10H14BrClN2O. The van der Waals surface area contributed by atoms with Gasteiger partial charge in [-0.15, -0.1) is 0 Å². The molecular weight excluding hydrogens is 279 g/mol. The van der Waals surface area contributed by atoms with E-state index < -0.39 is 0 Å². The van der Waals surface area contributed by atoms with Crippen molar-refractivity contribution in [3.05, 3.63) is 26.3 Å². The van der Waals surface area contributed by atoms with E-state index in [2.05, 4.69) is 34.8 Å². The van der Waals surface area contributed by atoms with Gasteiger partial charge in [-0.1, -0.05) is 25.4 Å². The van der Waals surface area contributed by atoms with Gasteiger partial charge in [-0.2, -0.15) is 0 Å². The van der Waals surface area contributed by atoms with E-state index in [0.29, 0.717) is 16.9 Å². The second-order valence-corrected chi connectivity index (χ2v) is 5.03. The fourth-order valence-electron chi connectivity index (χ4n) is 1.27.